The number of benzene rings is 1. The molecule has 0 aliphatic heterocycles. The SMILES string of the molecule is Cn1ccnc1Sc1ccc(Cl)cc1NC(=O)c1cnc(Cl)c(Cl)c1. The number of rotatable bonds is 4. The Morgan fingerprint density at radius 3 is 2.68 bits per heavy atom. The summed E-state index contributed by atoms with van der Waals surface area (Å²) in [5.41, 5.74) is 0.860. The van der Waals surface area contributed by atoms with E-state index in [1.165, 1.54) is 24.0 Å². The number of aromatic nitrogens is 3. The summed E-state index contributed by atoms with van der Waals surface area (Å²) >= 11 is 19.2. The molecule has 128 valence electrons. The monoisotopic (exact) mass is 412 g/mol. The Kier molecular flexibility index (Phi) is 5.54. The minimum atomic E-state index is -0.366. The molecule has 1 N–H and O–H groups in total. The molecule has 0 aliphatic rings. The van der Waals surface area contributed by atoms with Crippen LogP contribution in [0.5, 0.6) is 0 Å². The average molecular weight is 414 g/mol. The van der Waals surface area contributed by atoms with Crippen LogP contribution in [0.4, 0.5) is 5.69 Å². The number of imidazole rings is 1. The van der Waals surface area contributed by atoms with Crippen LogP contribution in [0.2, 0.25) is 15.2 Å². The molecule has 9 heteroatoms. The molecule has 0 radical (unpaired) electrons. The van der Waals surface area contributed by atoms with Crippen molar-refractivity contribution in [3.63, 3.8) is 0 Å². The molecule has 0 aliphatic carbocycles. The van der Waals surface area contributed by atoms with Crippen molar-refractivity contribution in [2.75, 3.05) is 5.32 Å². The number of carbonyl (C=O) groups is 1. The van der Waals surface area contributed by atoms with Crippen molar-refractivity contribution in [1.82, 2.24) is 14.5 Å². The van der Waals surface area contributed by atoms with E-state index >= 15 is 0 Å². The summed E-state index contributed by atoms with van der Waals surface area (Å²) in [6, 6.07) is 6.71. The molecule has 0 bridgehead atoms. The van der Waals surface area contributed by atoms with Crippen molar-refractivity contribution in [1.29, 1.82) is 0 Å². The lowest BCUT2D eigenvalue weighted by atomic mass is 10.2. The van der Waals surface area contributed by atoms with Crippen molar-refractivity contribution in [2.24, 2.45) is 7.05 Å². The summed E-state index contributed by atoms with van der Waals surface area (Å²) in [6.07, 6.45) is 4.91. The normalized spacial score (nSPS) is 10.7. The van der Waals surface area contributed by atoms with Crippen LogP contribution in [0.15, 0.2) is 52.9 Å². The molecule has 0 saturated heterocycles. The first-order valence-electron chi connectivity index (χ1n) is 7.01. The van der Waals surface area contributed by atoms with Gasteiger partial charge in [0.05, 0.1) is 16.3 Å². The molecule has 0 atom stereocenters. The Morgan fingerprint density at radius 2 is 2.00 bits per heavy atom. The zero-order valence-electron chi connectivity index (χ0n) is 12.8. The molecule has 1 aromatic carbocycles. The number of pyridine rings is 1. The lowest BCUT2D eigenvalue weighted by molar-refractivity contribution is 0.102. The second-order valence-electron chi connectivity index (χ2n) is 5.01. The van der Waals surface area contributed by atoms with Gasteiger partial charge in [0, 0.05) is 35.6 Å². The lowest BCUT2D eigenvalue weighted by Crippen LogP contribution is -2.13. The highest BCUT2D eigenvalue weighted by atomic mass is 35.5. The number of carbonyl (C=O) groups excluding carboxylic acids is 1. The van der Waals surface area contributed by atoms with Gasteiger partial charge in [-0.25, -0.2) is 9.97 Å². The van der Waals surface area contributed by atoms with E-state index in [-0.39, 0.29) is 16.1 Å². The summed E-state index contributed by atoms with van der Waals surface area (Å²) < 4.78 is 1.88. The van der Waals surface area contributed by atoms with Crippen molar-refractivity contribution < 1.29 is 4.79 Å². The maximum absolute atomic E-state index is 12.5. The predicted molar refractivity (Wildman–Crippen MR) is 101 cm³/mol. The van der Waals surface area contributed by atoms with Gasteiger partial charge in [0.25, 0.3) is 5.91 Å². The molecule has 0 fully saturated rings. The molecule has 0 unspecified atom stereocenters. The first kappa shape index (κ1) is 18.1. The quantitative estimate of drug-likeness (QED) is 0.599. The molecule has 0 spiro atoms. The van der Waals surface area contributed by atoms with Crippen molar-refractivity contribution in [3.8, 4) is 0 Å². The number of anilines is 1. The third-order valence-electron chi connectivity index (χ3n) is 3.23. The van der Waals surface area contributed by atoms with Crippen LogP contribution in [0.25, 0.3) is 0 Å². The van der Waals surface area contributed by atoms with Gasteiger partial charge in [0.1, 0.15) is 5.15 Å². The second-order valence-corrected chi connectivity index (χ2v) is 7.22. The standard InChI is InChI=1S/C16H11Cl3N4OS/c1-23-5-4-20-16(23)25-13-3-2-10(17)7-12(13)22-15(24)9-6-11(18)14(19)21-8-9/h2-8H,1H3,(H,22,24). The smallest absolute Gasteiger partial charge is 0.257 e. The number of amides is 1. The Hall–Kier alpha value is -1.73. The summed E-state index contributed by atoms with van der Waals surface area (Å²) in [4.78, 5) is 21.4. The lowest BCUT2D eigenvalue weighted by Gasteiger charge is -2.11. The van der Waals surface area contributed by atoms with E-state index in [0.29, 0.717) is 16.3 Å². The van der Waals surface area contributed by atoms with Gasteiger partial charge in [-0.3, -0.25) is 4.79 Å². The molecule has 3 rings (SSSR count). The van der Waals surface area contributed by atoms with Gasteiger partial charge in [-0.2, -0.15) is 0 Å². The van der Waals surface area contributed by atoms with Gasteiger partial charge in [-0.15, -0.1) is 0 Å². The number of aryl methyl sites for hydroxylation is 1. The zero-order chi connectivity index (χ0) is 18.0. The van der Waals surface area contributed by atoms with Crippen LogP contribution in [0.1, 0.15) is 10.4 Å². The van der Waals surface area contributed by atoms with Crippen LogP contribution in [0, 0.1) is 0 Å². The second kappa shape index (κ2) is 7.66. The van der Waals surface area contributed by atoms with Crippen LogP contribution < -0.4 is 5.32 Å². The Morgan fingerprint density at radius 1 is 1.20 bits per heavy atom. The zero-order valence-corrected chi connectivity index (χ0v) is 15.9. The minimum Gasteiger partial charge on any atom is -0.329 e. The third kappa shape index (κ3) is 4.27. The number of hydrogen-bond donors (Lipinski definition) is 1. The fourth-order valence-electron chi connectivity index (χ4n) is 1.98. The molecule has 2 heterocycles. The highest BCUT2D eigenvalue weighted by Crippen LogP contribution is 2.34. The van der Waals surface area contributed by atoms with E-state index in [9.17, 15) is 4.79 Å². The molecule has 0 saturated carbocycles. The molecule has 3 aromatic rings. The highest BCUT2D eigenvalue weighted by Gasteiger charge is 2.14. The summed E-state index contributed by atoms with van der Waals surface area (Å²) in [5, 5.41) is 4.47. The van der Waals surface area contributed by atoms with Crippen LogP contribution >= 0.6 is 46.6 Å². The number of nitrogens with zero attached hydrogens (tertiary/aromatic N) is 3. The van der Waals surface area contributed by atoms with Gasteiger partial charge < -0.3 is 9.88 Å². The fourth-order valence-corrected chi connectivity index (χ4v) is 3.29. The maximum Gasteiger partial charge on any atom is 0.257 e. The van der Waals surface area contributed by atoms with E-state index in [0.717, 1.165) is 10.1 Å². The van der Waals surface area contributed by atoms with Gasteiger partial charge in [-0.1, -0.05) is 34.8 Å². The van der Waals surface area contributed by atoms with E-state index in [1.807, 2.05) is 23.9 Å². The Balaban J connectivity index is 1.88. The van der Waals surface area contributed by atoms with Crippen molar-refractivity contribution in [3.05, 3.63) is 63.6 Å². The molecular weight excluding hydrogens is 403 g/mol. The van der Waals surface area contributed by atoms with Crippen molar-refractivity contribution in [2.45, 2.75) is 10.1 Å². The number of nitrogens with one attached hydrogen (secondary N) is 1. The van der Waals surface area contributed by atoms with Gasteiger partial charge in [-0.05, 0) is 36.0 Å². The van der Waals surface area contributed by atoms with E-state index in [2.05, 4.69) is 15.3 Å². The average Bonchev–Trinajstić information content (AvgIpc) is 2.97. The Labute approximate surface area is 163 Å². The highest BCUT2D eigenvalue weighted by molar-refractivity contribution is 7.99. The number of halogens is 3. The first-order valence-corrected chi connectivity index (χ1v) is 8.96. The third-order valence-corrected chi connectivity index (χ3v) is 5.30. The van der Waals surface area contributed by atoms with Gasteiger partial charge >= 0.3 is 0 Å². The maximum atomic E-state index is 12.5. The summed E-state index contributed by atoms with van der Waals surface area (Å²) in [5.74, 6) is -0.366. The predicted octanol–water partition coefficient (Wildman–Crippen LogP) is 5.18. The van der Waals surface area contributed by atoms with Crippen LogP contribution in [-0.2, 0) is 7.05 Å². The number of hydrogen-bond acceptors (Lipinski definition) is 4. The largest absolute Gasteiger partial charge is 0.329 e. The minimum absolute atomic E-state index is 0.145. The molecule has 1 amide bonds. The summed E-state index contributed by atoms with van der Waals surface area (Å²) in [7, 11) is 1.89. The van der Waals surface area contributed by atoms with Crippen LogP contribution in [-0.4, -0.2) is 20.4 Å². The Bertz CT molecular complexity index is 945. The topological polar surface area (TPSA) is 59.8 Å². The van der Waals surface area contributed by atoms with Crippen LogP contribution in [0.3, 0.4) is 0 Å². The van der Waals surface area contributed by atoms with E-state index in [4.69, 9.17) is 34.8 Å². The molecule has 2 aromatic heterocycles. The summed E-state index contributed by atoms with van der Waals surface area (Å²) in [6.45, 7) is 0. The molecule has 5 nitrogen and oxygen atoms in total. The van der Waals surface area contributed by atoms with E-state index < -0.39 is 0 Å². The van der Waals surface area contributed by atoms with E-state index in [1.54, 1.807) is 18.3 Å². The first-order chi connectivity index (χ1) is 11.9. The fraction of sp³-hybridized carbons (Fsp3) is 0.0625. The van der Waals surface area contributed by atoms with Crippen molar-refractivity contribution >= 4 is 58.2 Å². The van der Waals surface area contributed by atoms with Gasteiger partial charge in [0.15, 0.2) is 5.16 Å². The molecule has 25 heavy (non-hydrogen) atoms. The molecular formula is C16H11Cl3N4OS. The van der Waals surface area contributed by atoms with Gasteiger partial charge in [0.2, 0.25) is 0 Å².